The molecule has 5 heteroatoms. The lowest BCUT2D eigenvalue weighted by Gasteiger charge is -2.55. The Kier molecular flexibility index (Phi) is 4.41. The van der Waals surface area contributed by atoms with Crippen LogP contribution in [0, 0.1) is 23.2 Å². The lowest BCUT2D eigenvalue weighted by molar-refractivity contribution is -0.146. The van der Waals surface area contributed by atoms with E-state index in [4.69, 9.17) is 9.47 Å². The first kappa shape index (κ1) is 17.4. The zero-order valence-corrected chi connectivity index (χ0v) is 15.9. The van der Waals surface area contributed by atoms with Gasteiger partial charge in [-0.2, -0.15) is 5.10 Å². The van der Waals surface area contributed by atoms with E-state index in [2.05, 4.69) is 10.5 Å². The standard InChI is InChI=1S/C21H28N2O3/c1-13(17-4-5-18(25-2)19(9-17)26-3)22-23-20(24)21-10-14-6-15(11-21)8-16(7-14)12-21/h4-5,9,14-16H,6-8,10-12H2,1-3H3,(H,23,24). The fourth-order valence-electron chi connectivity index (χ4n) is 5.77. The summed E-state index contributed by atoms with van der Waals surface area (Å²) < 4.78 is 10.6. The number of amides is 1. The minimum absolute atomic E-state index is 0.122. The summed E-state index contributed by atoms with van der Waals surface area (Å²) in [5.74, 6) is 3.72. The number of ether oxygens (including phenoxy) is 2. The van der Waals surface area contributed by atoms with Crippen LogP contribution in [-0.4, -0.2) is 25.8 Å². The number of nitrogens with zero attached hydrogens (tertiary/aromatic N) is 1. The molecule has 26 heavy (non-hydrogen) atoms. The molecule has 4 fully saturated rings. The molecular weight excluding hydrogens is 328 g/mol. The summed E-state index contributed by atoms with van der Waals surface area (Å²) in [6, 6.07) is 5.67. The molecule has 0 unspecified atom stereocenters. The van der Waals surface area contributed by atoms with Crippen LogP contribution in [-0.2, 0) is 4.79 Å². The third kappa shape index (κ3) is 2.97. The van der Waals surface area contributed by atoms with E-state index in [9.17, 15) is 4.79 Å². The third-order valence-corrected chi connectivity index (χ3v) is 6.65. The van der Waals surface area contributed by atoms with Crippen molar-refractivity contribution in [3.8, 4) is 11.5 Å². The molecule has 0 heterocycles. The van der Waals surface area contributed by atoms with Gasteiger partial charge in [0.25, 0.3) is 0 Å². The van der Waals surface area contributed by atoms with Gasteiger partial charge in [0.1, 0.15) is 0 Å². The van der Waals surface area contributed by atoms with Gasteiger partial charge in [0, 0.05) is 5.56 Å². The Morgan fingerprint density at radius 2 is 1.62 bits per heavy atom. The number of carbonyl (C=O) groups excluding carboxylic acids is 1. The molecule has 1 amide bonds. The van der Waals surface area contributed by atoms with Crippen molar-refractivity contribution >= 4 is 11.6 Å². The highest BCUT2D eigenvalue weighted by Crippen LogP contribution is 2.60. The van der Waals surface area contributed by atoms with Gasteiger partial charge in [-0.1, -0.05) is 0 Å². The van der Waals surface area contributed by atoms with Gasteiger partial charge in [-0.05, 0) is 81.4 Å². The number of hydrogen-bond acceptors (Lipinski definition) is 4. The summed E-state index contributed by atoms with van der Waals surface area (Å²) in [6.45, 7) is 1.90. The van der Waals surface area contributed by atoms with E-state index in [0.29, 0.717) is 11.5 Å². The largest absolute Gasteiger partial charge is 0.493 e. The van der Waals surface area contributed by atoms with Crippen LogP contribution in [0.15, 0.2) is 23.3 Å². The molecule has 5 rings (SSSR count). The molecule has 140 valence electrons. The smallest absolute Gasteiger partial charge is 0.246 e. The Morgan fingerprint density at radius 1 is 1.04 bits per heavy atom. The number of methoxy groups -OCH3 is 2. The van der Waals surface area contributed by atoms with Gasteiger partial charge in [0.2, 0.25) is 5.91 Å². The molecule has 0 aromatic heterocycles. The number of nitrogens with one attached hydrogen (secondary N) is 1. The van der Waals surface area contributed by atoms with Crippen LogP contribution < -0.4 is 14.9 Å². The van der Waals surface area contributed by atoms with Crippen molar-refractivity contribution in [3.63, 3.8) is 0 Å². The van der Waals surface area contributed by atoms with E-state index in [0.717, 1.165) is 48.3 Å². The van der Waals surface area contributed by atoms with Crippen molar-refractivity contribution in [2.45, 2.75) is 45.4 Å². The van der Waals surface area contributed by atoms with Gasteiger partial charge >= 0.3 is 0 Å². The SMILES string of the molecule is COc1ccc(C(C)=NNC(=O)C23CC4CC(CC(C4)C2)C3)cc1OC. The molecule has 4 saturated carbocycles. The number of hydrazone groups is 1. The van der Waals surface area contributed by atoms with Crippen molar-refractivity contribution < 1.29 is 14.3 Å². The van der Waals surface area contributed by atoms with E-state index in [1.165, 1.54) is 19.3 Å². The summed E-state index contributed by atoms with van der Waals surface area (Å²) in [7, 11) is 3.23. The monoisotopic (exact) mass is 356 g/mol. The molecule has 0 spiro atoms. The van der Waals surface area contributed by atoms with Gasteiger partial charge < -0.3 is 9.47 Å². The Balaban J connectivity index is 1.48. The molecule has 4 bridgehead atoms. The Bertz CT molecular complexity index is 705. The van der Waals surface area contributed by atoms with E-state index in [1.54, 1.807) is 14.2 Å². The van der Waals surface area contributed by atoms with Crippen LogP contribution in [0.4, 0.5) is 0 Å². The van der Waals surface area contributed by atoms with Crippen molar-refractivity contribution in [2.24, 2.45) is 28.3 Å². The van der Waals surface area contributed by atoms with Gasteiger partial charge in [0.15, 0.2) is 11.5 Å². The highest BCUT2D eigenvalue weighted by molar-refractivity contribution is 6.00. The lowest BCUT2D eigenvalue weighted by atomic mass is 9.49. The second kappa shape index (κ2) is 6.60. The summed E-state index contributed by atoms with van der Waals surface area (Å²) in [5.41, 5.74) is 4.39. The van der Waals surface area contributed by atoms with Gasteiger partial charge in [0.05, 0.1) is 25.3 Å². The number of hydrogen-bond donors (Lipinski definition) is 1. The summed E-state index contributed by atoms with van der Waals surface area (Å²) >= 11 is 0. The molecule has 1 aromatic rings. The fraction of sp³-hybridized carbons (Fsp3) is 0.619. The minimum atomic E-state index is -0.171. The first-order chi connectivity index (χ1) is 12.5. The van der Waals surface area contributed by atoms with Gasteiger partial charge in [-0.15, -0.1) is 0 Å². The van der Waals surface area contributed by atoms with Crippen LogP contribution in [0.25, 0.3) is 0 Å². The summed E-state index contributed by atoms with van der Waals surface area (Å²) in [6.07, 6.45) is 7.16. The van der Waals surface area contributed by atoms with Gasteiger partial charge in [-0.25, -0.2) is 5.43 Å². The molecule has 4 aliphatic carbocycles. The van der Waals surface area contributed by atoms with Crippen molar-refractivity contribution in [2.75, 3.05) is 14.2 Å². The maximum absolute atomic E-state index is 13.0. The summed E-state index contributed by atoms with van der Waals surface area (Å²) in [4.78, 5) is 13.0. The Morgan fingerprint density at radius 3 is 2.15 bits per heavy atom. The molecule has 4 aliphatic rings. The number of carbonyl (C=O) groups is 1. The third-order valence-electron chi connectivity index (χ3n) is 6.65. The molecule has 0 aliphatic heterocycles. The van der Waals surface area contributed by atoms with Crippen molar-refractivity contribution in [3.05, 3.63) is 23.8 Å². The topological polar surface area (TPSA) is 59.9 Å². The normalized spacial score (nSPS) is 32.4. The van der Waals surface area contributed by atoms with Crippen LogP contribution in [0.1, 0.15) is 51.0 Å². The predicted molar refractivity (Wildman–Crippen MR) is 101 cm³/mol. The zero-order valence-electron chi connectivity index (χ0n) is 15.9. The molecule has 1 aromatic carbocycles. The Labute approximate surface area is 155 Å². The minimum Gasteiger partial charge on any atom is -0.493 e. The van der Waals surface area contributed by atoms with Crippen LogP contribution in [0.2, 0.25) is 0 Å². The summed E-state index contributed by atoms with van der Waals surface area (Å²) in [5, 5.41) is 4.40. The highest BCUT2D eigenvalue weighted by Gasteiger charge is 2.54. The van der Waals surface area contributed by atoms with E-state index < -0.39 is 0 Å². The maximum Gasteiger partial charge on any atom is 0.246 e. The fourth-order valence-corrected chi connectivity index (χ4v) is 5.77. The second-order valence-corrected chi connectivity index (χ2v) is 8.41. The van der Waals surface area contributed by atoms with Crippen LogP contribution in [0.5, 0.6) is 11.5 Å². The average molecular weight is 356 g/mol. The number of benzene rings is 1. The molecular formula is C21H28N2O3. The molecule has 1 N–H and O–H groups in total. The average Bonchev–Trinajstić information content (AvgIpc) is 2.64. The number of rotatable bonds is 5. The van der Waals surface area contributed by atoms with Gasteiger partial charge in [-0.3, -0.25) is 4.79 Å². The van der Waals surface area contributed by atoms with Crippen molar-refractivity contribution in [1.82, 2.24) is 5.43 Å². The first-order valence-electron chi connectivity index (χ1n) is 9.60. The van der Waals surface area contributed by atoms with Crippen LogP contribution in [0.3, 0.4) is 0 Å². The van der Waals surface area contributed by atoms with E-state index in [1.807, 2.05) is 25.1 Å². The first-order valence-corrected chi connectivity index (χ1v) is 9.60. The molecule has 0 radical (unpaired) electrons. The maximum atomic E-state index is 13.0. The lowest BCUT2D eigenvalue weighted by Crippen LogP contribution is -2.52. The Hall–Kier alpha value is -2.04. The van der Waals surface area contributed by atoms with E-state index in [-0.39, 0.29) is 11.3 Å². The van der Waals surface area contributed by atoms with Crippen molar-refractivity contribution in [1.29, 1.82) is 0 Å². The van der Waals surface area contributed by atoms with Crippen LogP contribution >= 0.6 is 0 Å². The quantitative estimate of drug-likeness (QED) is 0.645. The molecule has 5 nitrogen and oxygen atoms in total. The second-order valence-electron chi connectivity index (χ2n) is 8.41. The molecule has 0 saturated heterocycles. The van der Waals surface area contributed by atoms with E-state index >= 15 is 0 Å². The molecule has 0 atom stereocenters. The zero-order chi connectivity index (χ0) is 18.3. The highest BCUT2D eigenvalue weighted by atomic mass is 16.5. The predicted octanol–water partition coefficient (Wildman–Crippen LogP) is 3.76.